The van der Waals surface area contributed by atoms with Crippen LogP contribution in [-0.2, 0) is 23.3 Å². The van der Waals surface area contributed by atoms with Crippen LogP contribution in [-0.4, -0.2) is 23.1 Å². The molecule has 0 aliphatic carbocycles. The molecule has 0 aromatic carbocycles. The molecule has 0 saturated heterocycles. The maximum Gasteiger partial charge on any atom is 0.255 e. The predicted molar refractivity (Wildman–Crippen MR) is 69.5 cm³/mol. The zero-order chi connectivity index (χ0) is 13.2. The van der Waals surface area contributed by atoms with Crippen molar-refractivity contribution in [1.82, 2.24) is 15.3 Å². The molecule has 1 atom stereocenters. The summed E-state index contributed by atoms with van der Waals surface area (Å²) in [6.45, 7) is 8.05. The smallest absolute Gasteiger partial charge is 0.255 e. The Morgan fingerprint density at radius 2 is 2.22 bits per heavy atom. The lowest BCUT2D eigenvalue weighted by atomic mass is 10.0. The first-order valence-electron chi connectivity index (χ1n) is 6.58. The third kappa shape index (κ3) is 2.33. The number of hydrogen-bond donors (Lipinski definition) is 2. The van der Waals surface area contributed by atoms with Crippen LogP contribution in [0.15, 0.2) is 4.79 Å². The van der Waals surface area contributed by atoms with Crippen molar-refractivity contribution in [3.63, 3.8) is 0 Å². The second-order valence-corrected chi connectivity index (χ2v) is 4.78. The average Bonchev–Trinajstić information content (AvgIpc) is 2.39. The van der Waals surface area contributed by atoms with E-state index in [0.29, 0.717) is 19.0 Å². The molecular formula is C13H21N3O2. The summed E-state index contributed by atoms with van der Waals surface area (Å²) in [5.74, 6) is 0.650. The fraction of sp³-hybridized carbons (Fsp3) is 0.692. The maximum absolute atomic E-state index is 12.1. The van der Waals surface area contributed by atoms with Crippen molar-refractivity contribution in [3.05, 3.63) is 27.4 Å². The van der Waals surface area contributed by atoms with E-state index in [4.69, 9.17) is 4.74 Å². The minimum absolute atomic E-state index is 0.0402. The number of nitrogens with zero attached hydrogens (tertiary/aromatic N) is 1. The van der Waals surface area contributed by atoms with E-state index in [1.54, 1.807) is 0 Å². The molecule has 0 saturated carbocycles. The molecule has 100 valence electrons. The molecule has 1 aliphatic rings. The molecule has 0 radical (unpaired) electrons. The van der Waals surface area contributed by atoms with Gasteiger partial charge in [-0.25, -0.2) is 4.98 Å². The van der Waals surface area contributed by atoms with Crippen molar-refractivity contribution >= 4 is 0 Å². The molecule has 0 amide bonds. The second-order valence-electron chi connectivity index (χ2n) is 4.78. The number of hydrogen-bond acceptors (Lipinski definition) is 4. The van der Waals surface area contributed by atoms with Crippen LogP contribution in [0, 0.1) is 0 Å². The number of fused-ring (bicyclic) bond motifs is 1. The van der Waals surface area contributed by atoms with E-state index in [0.717, 1.165) is 30.6 Å². The van der Waals surface area contributed by atoms with Crippen LogP contribution in [0.5, 0.6) is 0 Å². The van der Waals surface area contributed by atoms with Gasteiger partial charge in [-0.3, -0.25) is 4.79 Å². The van der Waals surface area contributed by atoms with Crippen molar-refractivity contribution in [2.75, 3.05) is 13.2 Å². The van der Waals surface area contributed by atoms with Crippen molar-refractivity contribution < 1.29 is 4.74 Å². The van der Waals surface area contributed by atoms with Crippen molar-refractivity contribution in [1.29, 1.82) is 0 Å². The summed E-state index contributed by atoms with van der Waals surface area (Å²) in [6.07, 6.45) is 1.58. The third-order valence-corrected chi connectivity index (χ3v) is 3.58. The number of aromatic amines is 1. The summed E-state index contributed by atoms with van der Waals surface area (Å²) in [5, 5.41) is 3.19. The zero-order valence-electron chi connectivity index (χ0n) is 11.3. The summed E-state index contributed by atoms with van der Waals surface area (Å²) in [7, 11) is 0. The van der Waals surface area contributed by atoms with Crippen LogP contribution in [0.2, 0.25) is 0 Å². The Morgan fingerprint density at radius 3 is 2.89 bits per heavy atom. The normalized spacial score (nSPS) is 18.2. The molecule has 2 N–H and O–H groups in total. The molecule has 0 spiro atoms. The van der Waals surface area contributed by atoms with Gasteiger partial charge in [-0.05, 0) is 20.3 Å². The first kappa shape index (κ1) is 13.2. The lowest BCUT2D eigenvalue weighted by Crippen LogP contribution is -2.36. The van der Waals surface area contributed by atoms with Crippen molar-refractivity contribution in [2.24, 2.45) is 0 Å². The largest absolute Gasteiger partial charge is 0.368 e. The molecule has 0 bridgehead atoms. The monoisotopic (exact) mass is 251 g/mol. The average molecular weight is 251 g/mol. The lowest BCUT2D eigenvalue weighted by Gasteiger charge is -2.28. The van der Waals surface area contributed by atoms with Crippen molar-refractivity contribution in [3.8, 4) is 0 Å². The van der Waals surface area contributed by atoms with E-state index in [2.05, 4.69) is 15.3 Å². The van der Waals surface area contributed by atoms with Crippen LogP contribution >= 0.6 is 0 Å². The van der Waals surface area contributed by atoms with Crippen LogP contribution in [0.3, 0.4) is 0 Å². The molecule has 18 heavy (non-hydrogen) atoms. The molecule has 1 aliphatic heterocycles. The van der Waals surface area contributed by atoms with Crippen LogP contribution in [0.1, 0.15) is 44.3 Å². The Hall–Kier alpha value is -1.20. The fourth-order valence-corrected chi connectivity index (χ4v) is 2.26. The Morgan fingerprint density at radius 1 is 1.44 bits per heavy atom. The Kier molecular flexibility index (Phi) is 3.82. The number of H-pyrrole nitrogens is 1. The molecule has 1 unspecified atom stereocenters. The first-order valence-corrected chi connectivity index (χ1v) is 6.58. The quantitative estimate of drug-likeness (QED) is 0.840. The highest BCUT2D eigenvalue weighted by Crippen LogP contribution is 2.26. The molecule has 5 heteroatoms. The van der Waals surface area contributed by atoms with Crippen LogP contribution in [0.4, 0.5) is 0 Å². The molecule has 0 fully saturated rings. The van der Waals surface area contributed by atoms with Gasteiger partial charge in [-0.1, -0.05) is 6.92 Å². The van der Waals surface area contributed by atoms with Gasteiger partial charge in [0.2, 0.25) is 0 Å². The minimum atomic E-state index is -0.506. The summed E-state index contributed by atoms with van der Waals surface area (Å²) in [6, 6.07) is 0. The summed E-state index contributed by atoms with van der Waals surface area (Å²) >= 11 is 0. The van der Waals surface area contributed by atoms with Gasteiger partial charge < -0.3 is 15.0 Å². The van der Waals surface area contributed by atoms with Gasteiger partial charge in [0.25, 0.3) is 5.56 Å². The highest BCUT2D eigenvalue weighted by atomic mass is 16.5. The van der Waals surface area contributed by atoms with Gasteiger partial charge in [0.15, 0.2) is 0 Å². The minimum Gasteiger partial charge on any atom is -0.368 e. The molecule has 1 aromatic rings. The summed E-state index contributed by atoms with van der Waals surface area (Å²) in [4.78, 5) is 19.6. The topological polar surface area (TPSA) is 67.0 Å². The molecular weight excluding hydrogens is 230 g/mol. The molecule has 2 heterocycles. The Balaban J connectivity index is 2.46. The van der Waals surface area contributed by atoms with E-state index < -0.39 is 5.60 Å². The van der Waals surface area contributed by atoms with E-state index in [9.17, 15) is 4.79 Å². The summed E-state index contributed by atoms with van der Waals surface area (Å²) in [5.41, 5.74) is 1.13. The predicted octanol–water partition coefficient (Wildman–Crippen LogP) is 1.08. The lowest BCUT2D eigenvalue weighted by molar-refractivity contribution is -0.0394. The highest BCUT2D eigenvalue weighted by molar-refractivity contribution is 5.22. The third-order valence-electron chi connectivity index (χ3n) is 3.58. The molecule has 5 nitrogen and oxygen atoms in total. The zero-order valence-corrected chi connectivity index (χ0v) is 11.3. The van der Waals surface area contributed by atoms with Crippen molar-refractivity contribution in [2.45, 2.75) is 45.8 Å². The Bertz CT molecular complexity index is 484. The van der Waals surface area contributed by atoms with E-state index in [-0.39, 0.29) is 5.56 Å². The van der Waals surface area contributed by atoms with Gasteiger partial charge >= 0.3 is 0 Å². The van der Waals surface area contributed by atoms with Gasteiger partial charge in [0, 0.05) is 26.1 Å². The molecule has 1 aromatic heterocycles. The summed E-state index contributed by atoms with van der Waals surface area (Å²) < 4.78 is 5.76. The Labute approximate surface area is 107 Å². The van der Waals surface area contributed by atoms with Gasteiger partial charge in [0.1, 0.15) is 11.4 Å². The van der Waals surface area contributed by atoms with Gasteiger partial charge in [-0.2, -0.15) is 0 Å². The van der Waals surface area contributed by atoms with E-state index in [1.807, 2.05) is 20.8 Å². The maximum atomic E-state index is 12.1. The number of nitrogens with one attached hydrogen (secondary N) is 2. The number of ether oxygens (including phenoxy) is 1. The van der Waals surface area contributed by atoms with E-state index in [1.165, 1.54) is 0 Å². The van der Waals surface area contributed by atoms with Gasteiger partial charge in [0.05, 0.1) is 11.3 Å². The fourth-order valence-electron chi connectivity index (χ4n) is 2.26. The standard InChI is InChI=1S/C13H21N3O2/c1-4-13(3,18-5-2)12-15-10-6-7-14-8-9(10)11(17)16-12/h14H,4-8H2,1-3H3,(H,15,16,17). The number of rotatable bonds is 4. The highest BCUT2D eigenvalue weighted by Gasteiger charge is 2.29. The SMILES string of the molecule is CCOC(C)(CC)c1nc2c(c(=O)[nH]1)CNCC2. The number of aromatic nitrogens is 2. The van der Waals surface area contributed by atoms with Crippen LogP contribution < -0.4 is 10.9 Å². The molecule has 2 rings (SSSR count). The second kappa shape index (κ2) is 5.20. The first-order chi connectivity index (χ1) is 8.60. The van der Waals surface area contributed by atoms with E-state index >= 15 is 0 Å². The van der Waals surface area contributed by atoms with Gasteiger partial charge in [-0.15, -0.1) is 0 Å². The van der Waals surface area contributed by atoms with Crippen LogP contribution in [0.25, 0.3) is 0 Å².